The average molecular weight is 285 g/mol. The van der Waals surface area contributed by atoms with Crippen LogP contribution in [0.2, 0.25) is 5.15 Å². The molecule has 1 aliphatic rings. The minimum absolute atomic E-state index is 0.0122. The Bertz CT molecular complexity index is 523. The van der Waals surface area contributed by atoms with Crippen LogP contribution in [-0.2, 0) is 0 Å². The lowest BCUT2D eigenvalue weighted by Crippen LogP contribution is -2.51. The number of rotatable bonds is 2. The van der Waals surface area contributed by atoms with Gasteiger partial charge in [-0.05, 0) is 6.92 Å². The molecule has 102 valence electrons. The van der Waals surface area contributed by atoms with E-state index in [2.05, 4.69) is 10.3 Å². The Kier molecular flexibility index (Phi) is 3.96. The fraction of sp³-hybridized carbons (Fsp3) is 0.455. The molecule has 0 spiro atoms. The number of hydrogen-bond acceptors (Lipinski definition) is 5. The molecule has 0 radical (unpaired) electrons. The SMILES string of the molecule is CC1CN(C(=O)c2cc([N+](=O)[O-])cnc2Cl)CCN1. The molecule has 7 nitrogen and oxygen atoms in total. The Balaban J connectivity index is 2.27. The number of nitrogens with one attached hydrogen (secondary N) is 1. The maximum Gasteiger partial charge on any atom is 0.288 e. The van der Waals surface area contributed by atoms with Crippen LogP contribution in [-0.4, -0.2) is 46.4 Å². The third kappa shape index (κ3) is 2.99. The largest absolute Gasteiger partial charge is 0.336 e. The number of carbonyl (C=O) groups is 1. The second kappa shape index (κ2) is 5.50. The summed E-state index contributed by atoms with van der Waals surface area (Å²) in [5, 5.41) is 13.9. The van der Waals surface area contributed by atoms with Crippen molar-refractivity contribution in [2.24, 2.45) is 0 Å². The number of nitrogens with zero attached hydrogens (tertiary/aromatic N) is 3. The third-order valence-corrected chi connectivity index (χ3v) is 3.22. The van der Waals surface area contributed by atoms with E-state index in [4.69, 9.17) is 11.6 Å². The van der Waals surface area contributed by atoms with Gasteiger partial charge in [0.25, 0.3) is 11.6 Å². The van der Waals surface area contributed by atoms with E-state index in [9.17, 15) is 14.9 Å². The zero-order chi connectivity index (χ0) is 14.0. The standard InChI is InChI=1S/C11H13ClN4O3/c1-7-6-15(3-2-13-7)11(17)9-4-8(16(18)19)5-14-10(9)12/h4-5,7,13H,2-3,6H2,1H3. The number of pyridine rings is 1. The lowest BCUT2D eigenvalue weighted by Gasteiger charge is -2.31. The number of amides is 1. The Morgan fingerprint density at radius 1 is 1.68 bits per heavy atom. The van der Waals surface area contributed by atoms with Crippen LogP contribution in [0, 0.1) is 10.1 Å². The van der Waals surface area contributed by atoms with Crippen molar-refractivity contribution >= 4 is 23.2 Å². The molecule has 1 saturated heterocycles. The number of nitro groups is 1. The molecule has 0 saturated carbocycles. The molecule has 0 bridgehead atoms. The van der Waals surface area contributed by atoms with Gasteiger partial charge in [0.1, 0.15) is 11.3 Å². The number of piperazine rings is 1. The first-order valence-corrected chi connectivity index (χ1v) is 6.19. The van der Waals surface area contributed by atoms with Crippen LogP contribution >= 0.6 is 11.6 Å². The molecule has 1 amide bonds. The lowest BCUT2D eigenvalue weighted by atomic mass is 10.2. The van der Waals surface area contributed by atoms with E-state index in [1.54, 1.807) is 4.90 Å². The van der Waals surface area contributed by atoms with E-state index < -0.39 is 4.92 Å². The van der Waals surface area contributed by atoms with Crippen molar-refractivity contribution in [3.05, 3.63) is 33.1 Å². The van der Waals surface area contributed by atoms with Crippen molar-refractivity contribution < 1.29 is 9.72 Å². The maximum atomic E-state index is 12.3. The molecule has 1 aromatic heterocycles. The van der Waals surface area contributed by atoms with Gasteiger partial charge in [0.15, 0.2) is 0 Å². The van der Waals surface area contributed by atoms with Crippen LogP contribution in [0.5, 0.6) is 0 Å². The third-order valence-electron chi connectivity index (χ3n) is 2.92. The molecule has 1 fully saturated rings. The highest BCUT2D eigenvalue weighted by atomic mass is 35.5. The van der Waals surface area contributed by atoms with Crippen molar-refractivity contribution in [2.45, 2.75) is 13.0 Å². The Labute approximate surface area is 114 Å². The van der Waals surface area contributed by atoms with Gasteiger partial charge in [-0.25, -0.2) is 4.98 Å². The summed E-state index contributed by atoms with van der Waals surface area (Å²) in [7, 11) is 0. The van der Waals surface area contributed by atoms with Gasteiger partial charge in [-0.2, -0.15) is 0 Å². The van der Waals surface area contributed by atoms with Crippen LogP contribution in [0.4, 0.5) is 5.69 Å². The predicted octanol–water partition coefficient (Wildman–Crippen LogP) is 1.08. The summed E-state index contributed by atoms with van der Waals surface area (Å²) < 4.78 is 0. The molecule has 0 aromatic carbocycles. The highest BCUT2D eigenvalue weighted by molar-refractivity contribution is 6.32. The van der Waals surface area contributed by atoms with Crippen LogP contribution in [0.25, 0.3) is 0 Å². The van der Waals surface area contributed by atoms with E-state index in [0.29, 0.717) is 19.6 Å². The summed E-state index contributed by atoms with van der Waals surface area (Å²) >= 11 is 5.85. The zero-order valence-electron chi connectivity index (χ0n) is 10.3. The molecule has 8 heteroatoms. The van der Waals surface area contributed by atoms with Gasteiger partial charge in [-0.15, -0.1) is 0 Å². The van der Waals surface area contributed by atoms with E-state index >= 15 is 0 Å². The molecule has 1 N–H and O–H groups in total. The minimum Gasteiger partial charge on any atom is -0.336 e. The number of aromatic nitrogens is 1. The van der Waals surface area contributed by atoms with Crippen LogP contribution in [0.1, 0.15) is 17.3 Å². The van der Waals surface area contributed by atoms with Gasteiger partial charge in [0, 0.05) is 31.7 Å². The molecule has 2 heterocycles. The molecular weight excluding hydrogens is 272 g/mol. The second-order valence-electron chi connectivity index (χ2n) is 4.40. The van der Waals surface area contributed by atoms with Crippen molar-refractivity contribution in [1.29, 1.82) is 0 Å². The Morgan fingerprint density at radius 2 is 2.42 bits per heavy atom. The van der Waals surface area contributed by atoms with Crippen LogP contribution < -0.4 is 5.32 Å². The van der Waals surface area contributed by atoms with E-state index in [1.807, 2.05) is 6.92 Å². The Hall–Kier alpha value is -1.73. The van der Waals surface area contributed by atoms with Gasteiger partial charge in [0.05, 0.1) is 10.5 Å². The van der Waals surface area contributed by atoms with Gasteiger partial charge in [0.2, 0.25) is 0 Å². The summed E-state index contributed by atoms with van der Waals surface area (Å²) in [5.74, 6) is -0.324. The molecule has 2 rings (SSSR count). The number of carbonyl (C=O) groups excluding carboxylic acids is 1. The zero-order valence-corrected chi connectivity index (χ0v) is 11.1. The van der Waals surface area contributed by atoms with E-state index in [0.717, 1.165) is 6.20 Å². The molecule has 1 aromatic rings. The smallest absolute Gasteiger partial charge is 0.288 e. The lowest BCUT2D eigenvalue weighted by molar-refractivity contribution is -0.385. The van der Waals surface area contributed by atoms with Gasteiger partial charge in [-0.1, -0.05) is 11.6 Å². The molecule has 1 unspecified atom stereocenters. The molecule has 19 heavy (non-hydrogen) atoms. The van der Waals surface area contributed by atoms with Gasteiger partial charge in [-0.3, -0.25) is 14.9 Å². The monoisotopic (exact) mass is 284 g/mol. The number of halogens is 1. The molecule has 1 atom stereocenters. The first-order chi connectivity index (χ1) is 8.99. The highest BCUT2D eigenvalue weighted by Crippen LogP contribution is 2.21. The van der Waals surface area contributed by atoms with Crippen LogP contribution in [0.3, 0.4) is 0 Å². The predicted molar refractivity (Wildman–Crippen MR) is 69.3 cm³/mol. The maximum absolute atomic E-state index is 12.3. The summed E-state index contributed by atoms with van der Waals surface area (Å²) in [6.45, 7) is 3.74. The summed E-state index contributed by atoms with van der Waals surface area (Å²) in [5.41, 5.74) is -0.166. The first-order valence-electron chi connectivity index (χ1n) is 5.81. The number of hydrogen-bond donors (Lipinski definition) is 1. The normalized spacial score (nSPS) is 19.3. The van der Waals surface area contributed by atoms with Gasteiger partial charge >= 0.3 is 0 Å². The first kappa shape index (κ1) is 13.7. The topological polar surface area (TPSA) is 88.4 Å². The quantitative estimate of drug-likeness (QED) is 0.499. The summed E-state index contributed by atoms with van der Waals surface area (Å²) in [6.07, 6.45) is 1.04. The fourth-order valence-electron chi connectivity index (χ4n) is 1.97. The summed E-state index contributed by atoms with van der Waals surface area (Å²) in [6, 6.07) is 1.35. The van der Waals surface area contributed by atoms with Crippen molar-refractivity contribution in [2.75, 3.05) is 19.6 Å². The average Bonchev–Trinajstić information content (AvgIpc) is 2.38. The minimum atomic E-state index is -0.597. The van der Waals surface area contributed by atoms with Crippen molar-refractivity contribution in [3.63, 3.8) is 0 Å². The van der Waals surface area contributed by atoms with E-state index in [-0.39, 0.29) is 28.4 Å². The van der Waals surface area contributed by atoms with E-state index in [1.165, 1.54) is 6.07 Å². The second-order valence-corrected chi connectivity index (χ2v) is 4.75. The highest BCUT2D eigenvalue weighted by Gasteiger charge is 2.25. The van der Waals surface area contributed by atoms with Crippen molar-refractivity contribution in [1.82, 2.24) is 15.2 Å². The summed E-state index contributed by atoms with van der Waals surface area (Å²) in [4.78, 5) is 27.7. The van der Waals surface area contributed by atoms with Crippen molar-refractivity contribution in [3.8, 4) is 0 Å². The van der Waals surface area contributed by atoms with Gasteiger partial charge < -0.3 is 10.2 Å². The molecule has 1 aliphatic heterocycles. The Morgan fingerprint density at radius 3 is 3.05 bits per heavy atom. The van der Waals surface area contributed by atoms with Crippen LogP contribution in [0.15, 0.2) is 12.3 Å². The molecular formula is C11H13ClN4O3. The fourth-order valence-corrected chi connectivity index (χ4v) is 2.16. The molecule has 0 aliphatic carbocycles.